The summed E-state index contributed by atoms with van der Waals surface area (Å²) in [6, 6.07) is 0. The van der Waals surface area contributed by atoms with E-state index in [1.165, 1.54) is 0 Å². The van der Waals surface area contributed by atoms with Crippen LogP contribution < -0.4 is 0 Å². The number of piperidine rings is 1. The Morgan fingerprint density at radius 2 is 1.77 bits per heavy atom. The number of nitrogens with zero attached hydrogens (tertiary/aromatic N) is 1. The maximum atomic E-state index is 12.0. The van der Waals surface area contributed by atoms with Crippen LogP contribution in [0.1, 0.15) is 33.6 Å². The molecule has 7 heteroatoms. The second-order valence-electron chi connectivity index (χ2n) is 6.60. The third-order valence-electron chi connectivity index (χ3n) is 3.64. The van der Waals surface area contributed by atoms with Crippen LogP contribution in [0.4, 0.5) is 4.79 Å². The molecule has 1 aliphatic heterocycles. The molecule has 0 spiro atoms. The number of rotatable bonds is 6. The van der Waals surface area contributed by atoms with Crippen LogP contribution in [0.3, 0.4) is 0 Å². The van der Waals surface area contributed by atoms with Crippen molar-refractivity contribution in [1.82, 2.24) is 4.90 Å². The van der Waals surface area contributed by atoms with E-state index in [4.69, 9.17) is 14.2 Å². The number of carboxylic acid groups (broad SMARTS) is 1. The normalized spacial score (nSPS) is 18.1. The fraction of sp³-hybridized carbons (Fsp3) is 0.867. The molecule has 0 bridgehead atoms. The van der Waals surface area contributed by atoms with Gasteiger partial charge < -0.3 is 24.2 Å². The SMILES string of the molecule is COCCOCC1(C(=O)O)CCN(C(=O)OC(C)(C)C)CC1. The molecule has 0 aromatic carbocycles. The molecule has 1 amide bonds. The van der Waals surface area contributed by atoms with E-state index in [-0.39, 0.29) is 6.61 Å². The van der Waals surface area contributed by atoms with Gasteiger partial charge in [-0.25, -0.2) is 4.79 Å². The van der Waals surface area contributed by atoms with E-state index in [0.29, 0.717) is 39.1 Å². The molecule has 22 heavy (non-hydrogen) atoms. The molecule has 128 valence electrons. The third-order valence-corrected chi connectivity index (χ3v) is 3.64. The molecule has 1 rings (SSSR count). The lowest BCUT2D eigenvalue weighted by Crippen LogP contribution is -2.49. The summed E-state index contributed by atoms with van der Waals surface area (Å²) in [7, 11) is 1.57. The van der Waals surface area contributed by atoms with Crippen LogP contribution in [-0.2, 0) is 19.0 Å². The first-order valence-electron chi connectivity index (χ1n) is 7.48. The predicted molar refractivity (Wildman–Crippen MR) is 79.8 cm³/mol. The molecule has 0 unspecified atom stereocenters. The highest BCUT2D eigenvalue weighted by Crippen LogP contribution is 2.33. The monoisotopic (exact) mass is 317 g/mol. The zero-order valence-electron chi connectivity index (χ0n) is 13.9. The molecule has 1 aliphatic rings. The van der Waals surface area contributed by atoms with E-state index in [1.54, 1.807) is 32.8 Å². The number of ether oxygens (including phenoxy) is 3. The molecule has 0 aromatic rings. The van der Waals surface area contributed by atoms with Gasteiger partial charge in [-0.15, -0.1) is 0 Å². The number of carbonyl (C=O) groups excluding carboxylic acids is 1. The fourth-order valence-electron chi connectivity index (χ4n) is 2.27. The topological polar surface area (TPSA) is 85.3 Å². The number of amides is 1. The Labute approximate surface area is 131 Å². The van der Waals surface area contributed by atoms with Gasteiger partial charge >= 0.3 is 12.1 Å². The summed E-state index contributed by atoms with van der Waals surface area (Å²) >= 11 is 0. The average Bonchev–Trinajstić information content (AvgIpc) is 2.42. The van der Waals surface area contributed by atoms with Gasteiger partial charge in [0.1, 0.15) is 5.60 Å². The van der Waals surface area contributed by atoms with Gasteiger partial charge in [-0.3, -0.25) is 4.79 Å². The molecule has 1 saturated heterocycles. The predicted octanol–water partition coefficient (Wildman–Crippen LogP) is 1.75. The largest absolute Gasteiger partial charge is 0.481 e. The van der Waals surface area contributed by atoms with E-state index in [9.17, 15) is 14.7 Å². The molecule has 0 aromatic heterocycles. The van der Waals surface area contributed by atoms with Gasteiger partial charge in [0.05, 0.1) is 25.2 Å². The molecule has 1 heterocycles. The minimum atomic E-state index is -0.938. The molecular formula is C15H27NO6. The van der Waals surface area contributed by atoms with Crippen molar-refractivity contribution in [2.45, 2.75) is 39.2 Å². The number of likely N-dealkylation sites (tertiary alicyclic amines) is 1. The van der Waals surface area contributed by atoms with E-state index >= 15 is 0 Å². The molecule has 0 atom stereocenters. The van der Waals surface area contributed by atoms with Crippen molar-refractivity contribution in [3.63, 3.8) is 0 Å². The lowest BCUT2D eigenvalue weighted by molar-refractivity contribution is -0.157. The zero-order valence-corrected chi connectivity index (χ0v) is 13.9. The Hall–Kier alpha value is -1.34. The number of carboxylic acids is 1. The Morgan fingerprint density at radius 3 is 2.23 bits per heavy atom. The summed E-state index contributed by atoms with van der Waals surface area (Å²) in [6.07, 6.45) is 0.315. The molecule has 1 N–H and O–H groups in total. The van der Waals surface area contributed by atoms with Gasteiger partial charge in [-0.2, -0.15) is 0 Å². The van der Waals surface area contributed by atoms with Gasteiger partial charge in [-0.05, 0) is 33.6 Å². The van der Waals surface area contributed by atoms with Crippen LogP contribution in [0.5, 0.6) is 0 Å². The van der Waals surface area contributed by atoms with E-state index in [1.807, 2.05) is 0 Å². The van der Waals surface area contributed by atoms with E-state index in [0.717, 1.165) is 0 Å². The molecule has 0 aliphatic carbocycles. The number of hydrogen-bond donors (Lipinski definition) is 1. The highest BCUT2D eigenvalue weighted by molar-refractivity contribution is 5.76. The Balaban J connectivity index is 2.54. The van der Waals surface area contributed by atoms with Crippen LogP contribution in [0.2, 0.25) is 0 Å². The summed E-state index contributed by atoms with van der Waals surface area (Å²) in [5.74, 6) is -0.881. The summed E-state index contributed by atoms with van der Waals surface area (Å²) in [4.78, 5) is 25.2. The van der Waals surface area contributed by atoms with Crippen molar-refractivity contribution in [2.75, 3.05) is 40.0 Å². The van der Waals surface area contributed by atoms with Crippen LogP contribution in [-0.4, -0.2) is 67.7 Å². The standard InChI is InChI=1S/C15H27NO6/c1-14(2,3)22-13(19)16-7-5-15(6-8-16,12(17)18)11-21-10-9-20-4/h5-11H2,1-4H3,(H,17,18). The fourth-order valence-corrected chi connectivity index (χ4v) is 2.27. The van der Waals surface area contributed by atoms with E-state index < -0.39 is 23.1 Å². The van der Waals surface area contributed by atoms with Crippen LogP contribution >= 0.6 is 0 Å². The maximum absolute atomic E-state index is 12.0. The van der Waals surface area contributed by atoms with Crippen molar-refractivity contribution >= 4 is 12.1 Å². The van der Waals surface area contributed by atoms with E-state index in [2.05, 4.69) is 0 Å². The first-order chi connectivity index (χ1) is 10.2. The quantitative estimate of drug-likeness (QED) is 0.751. The number of aliphatic carboxylic acids is 1. The second-order valence-corrected chi connectivity index (χ2v) is 6.60. The molecule has 7 nitrogen and oxygen atoms in total. The Morgan fingerprint density at radius 1 is 1.18 bits per heavy atom. The lowest BCUT2D eigenvalue weighted by atomic mass is 9.79. The van der Waals surface area contributed by atoms with Gasteiger partial charge in [0, 0.05) is 20.2 Å². The Kier molecular flexibility index (Phi) is 6.62. The average molecular weight is 317 g/mol. The van der Waals surface area contributed by atoms with Gasteiger partial charge in [-0.1, -0.05) is 0 Å². The highest BCUT2D eigenvalue weighted by atomic mass is 16.6. The minimum Gasteiger partial charge on any atom is -0.481 e. The summed E-state index contributed by atoms with van der Waals surface area (Å²) in [5, 5.41) is 9.51. The van der Waals surface area contributed by atoms with Crippen molar-refractivity contribution in [2.24, 2.45) is 5.41 Å². The van der Waals surface area contributed by atoms with Gasteiger partial charge in [0.15, 0.2) is 0 Å². The van der Waals surface area contributed by atoms with Crippen molar-refractivity contribution < 1.29 is 28.9 Å². The smallest absolute Gasteiger partial charge is 0.410 e. The number of methoxy groups -OCH3 is 1. The molecule has 0 radical (unpaired) electrons. The summed E-state index contributed by atoms with van der Waals surface area (Å²) in [5.41, 5.74) is -1.49. The van der Waals surface area contributed by atoms with Crippen LogP contribution in [0.15, 0.2) is 0 Å². The minimum absolute atomic E-state index is 0.133. The number of carbonyl (C=O) groups is 2. The van der Waals surface area contributed by atoms with Crippen LogP contribution in [0.25, 0.3) is 0 Å². The number of hydrogen-bond acceptors (Lipinski definition) is 5. The van der Waals surface area contributed by atoms with Crippen molar-refractivity contribution in [3.05, 3.63) is 0 Å². The molecule has 1 fully saturated rings. The van der Waals surface area contributed by atoms with Crippen molar-refractivity contribution in [3.8, 4) is 0 Å². The van der Waals surface area contributed by atoms with Gasteiger partial charge in [0.2, 0.25) is 0 Å². The van der Waals surface area contributed by atoms with Crippen LogP contribution in [0, 0.1) is 5.41 Å². The first kappa shape index (κ1) is 18.7. The zero-order chi connectivity index (χ0) is 16.8. The lowest BCUT2D eigenvalue weighted by Gasteiger charge is -2.38. The van der Waals surface area contributed by atoms with Crippen molar-refractivity contribution in [1.29, 1.82) is 0 Å². The van der Waals surface area contributed by atoms with Gasteiger partial charge in [0.25, 0.3) is 0 Å². The maximum Gasteiger partial charge on any atom is 0.410 e. The summed E-state index contributed by atoms with van der Waals surface area (Å²) < 4.78 is 15.6. The summed E-state index contributed by atoms with van der Waals surface area (Å²) in [6.45, 7) is 7.05. The molecule has 0 saturated carbocycles. The third kappa shape index (κ3) is 5.46. The molecular weight excluding hydrogens is 290 g/mol. The first-order valence-corrected chi connectivity index (χ1v) is 7.48. The Bertz CT molecular complexity index is 382. The second kappa shape index (κ2) is 7.78. The highest BCUT2D eigenvalue weighted by Gasteiger charge is 2.43.